The summed E-state index contributed by atoms with van der Waals surface area (Å²) in [5.41, 5.74) is 5.56. The van der Waals surface area contributed by atoms with Crippen LogP contribution in [-0.4, -0.2) is 20.2 Å². The van der Waals surface area contributed by atoms with Crippen molar-refractivity contribution >= 4 is 0 Å². The summed E-state index contributed by atoms with van der Waals surface area (Å²) in [6.07, 6.45) is 4.29. The SMILES string of the molecule is CCCOc1ccccc1C(CCNC)Cc1cc(C)cc(CC)c1. The van der Waals surface area contributed by atoms with Crippen LogP contribution in [-0.2, 0) is 12.8 Å². The summed E-state index contributed by atoms with van der Waals surface area (Å²) in [6.45, 7) is 8.37. The van der Waals surface area contributed by atoms with Crippen LogP contribution in [0.5, 0.6) is 5.75 Å². The lowest BCUT2D eigenvalue weighted by Crippen LogP contribution is -2.15. The van der Waals surface area contributed by atoms with Gasteiger partial charge in [0.1, 0.15) is 5.75 Å². The van der Waals surface area contributed by atoms with E-state index in [1.165, 1.54) is 22.3 Å². The lowest BCUT2D eigenvalue weighted by molar-refractivity contribution is 0.311. The van der Waals surface area contributed by atoms with Gasteiger partial charge in [0.25, 0.3) is 0 Å². The van der Waals surface area contributed by atoms with Crippen molar-refractivity contribution in [1.29, 1.82) is 0 Å². The highest BCUT2D eigenvalue weighted by Gasteiger charge is 2.17. The molecule has 2 rings (SSSR count). The van der Waals surface area contributed by atoms with Crippen molar-refractivity contribution in [3.63, 3.8) is 0 Å². The van der Waals surface area contributed by atoms with Gasteiger partial charge in [0.05, 0.1) is 6.61 Å². The van der Waals surface area contributed by atoms with E-state index < -0.39 is 0 Å². The Morgan fingerprint density at radius 1 is 1.04 bits per heavy atom. The number of aryl methyl sites for hydroxylation is 2. The lowest BCUT2D eigenvalue weighted by atomic mass is 9.87. The van der Waals surface area contributed by atoms with Gasteiger partial charge in [-0.2, -0.15) is 0 Å². The van der Waals surface area contributed by atoms with Crippen molar-refractivity contribution in [1.82, 2.24) is 5.32 Å². The van der Waals surface area contributed by atoms with E-state index in [-0.39, 0.29) is 0 Å². The molecule has 0 radical (unpaired) electrons. The number of hydrogen-bond acceptors (Lipinski definition) is 2. The van der Waals surface area contributed by atoms with E-state index in [4.69, 9.17) is 4.74 Å². The van der Waals surface area contributed by atoms with E-state index in [1.54, 1.807) is 0 Å². The smallest absolute Gasteiger partial charge is 0.122 e. The van der Waals surface area contributed by atoms with Crippen LogP contribution >= 0.6 is 0 Å². The molecule has 2 aromatic rings. The van der Waals surface area contributed by atoms with Gasteiger partial charge in [-0.3, -0.25) is 0 Å². The molecule has 0 aliphatic carbocycles. The molecule has 0 heterocycles. The summed E-state index contributed by atoms with van der Waals surface area (Å²) in [5.74, 6) is 1.51. The first-order valence-corrected chi connectivity index (χ1v) is 9.63. The normalized spacial score (nSPS) is 12.2. The molecule has 0 saturated carbocycles. The first-order chi connectivity index (χ1) is 12.2. The molecule has 2 nitrogen and oxygen atoms in total. The molecule has 2 aromatic carbocycles. The van der Waals surface area contributed by atoms with E-state index in [0.29, 0.717) is 5.92 Å². The zero-order valence-corrected chi connectivity index (χ0v) is 16.3. The van der Waals surface area contributed by atoms with Crippen LogP contribution in [0.1, 0.15) is 54.9 Å². The number of nitrogens with one attached hydrogen (secondary N) is 1. The molecule has 0 aromatic heterocycles. The van der Waals surface area contributed by atoms with Gasteiger partial charge in [0.2, 0.25) is 0 Å². The Morgan fingerprint density at radius 2 is 1.80 bits per heavy atom. The topological polar surface area (TPSA) is 21.3 Å². The van der Waals surface area contributed by atoms with Crippen molar-refractivity contribution in [3.05, 3.63) is 64.7 Å². The molecule has 1 unspecified atom stereocenters. The Morgan fingerprint density at radius 3 is 2.52 bits per heavy atom. The van der Waals surface area contributed by atoms with Gasteiger partial charge in [-0.05, 0) is 74.9 Å². The van der Waals surface area contributed by atoms with E-state index in [1.807, 2.05) is 7.05 Å². The van der Waals surface area contributed by atoms with Gasteiger partial charge in [0, 0.05) is 0 Å². The third kappa shape index (κ3) is 5.89. The zero-order chi connectivity index (χ0) is 18.1. The lowest BCUT2D eigenvalue weighted by Gasteiger charge is -2.21. The van der Waals surface area contributed by atoms with Crippen molar-refractivity contribution in [2.24, 2.45) is 0 Å². The molecule has 1 N–H and O–H groups in total. The summed E-state index contributed by atoms with van der Waals surface area (Å²) in [4.78, 5) is 0. The minimum Gasteiger partial charge on any atom is -0.493 e. The van der Waals surface area contributed by atoms with Crippen LogP contribution in [0, 0.1) is 6.92 Å². The molecule has 2 heteroatoms. The van der Waals surface area contributed by atoms with Gasteiger partial charge < -0.3 is 10.1 Å². The summed E-state index contributed by atoms with van der Waals surface area (Å²) in [6, 6.07) is 15.6. The Labute approximate surface area is 153 Å². The van der Waals surface area contributed by atoms with Gasteiger partial charge >= 0.3 is 0 Å². The Balaban J connectivity index is 2.29. The largest absolute Gasteiger partial charge is 0.493 e. The van der Waals surface area contributed by atoms with E-state index in [2.05, 4.69) is 68.6 Å². The van der Waals surface area contributed by atoms with Crippen molar-refractivity contribution < 1.29 is 4.74 Å². The summed E-state index contributed by atoms with van der Waals surface area (Å²) in [5, 5.41) is 3.31. The maximum atomic E-state index is 6.03. The summed E-state index contributed by atoms with van der Waals surface area (Å²) >= 11 is 0. The molecule has 0 bridgehead atoms. The number of hydrogen-bond donors (Lipinski definition) is 1. The molecule has 0 spiro atoms. The maximum absolute atomic E-state index is 6.03. The molecule has 136 valence electrons. The fourth-order valence-electron chi connectivity index (χ4n) is 3.40. The molecule has 0 fully saturated rings. The van der Waals surface area contributed by atoms with Crippen molar-refractivity contribution in [3.8, 4) is 5.75 Å². The van der Waals surface area contributed by atoms with Crippen LogP contribution in [0.3, 0.4) is 0 Å². The first kappa shape index (κ1) is 19.5. The second-order valence-electron chi connectivity index (χ2n) is 6.86. The van der Waals surface area contributed by atoms with Gasteiger partial charge in [-0.25, -0.2) is 0 Å². The van der Waals surface area contributed by atoms with Crippen LogP contribution in [0.15, 0.2) is 42.5 Å². The number of rotatable bonds is 10. The standard InChI is InChI=1S/C23H33NO/c1-5-13-25-23-10-8-7-9-22(23)21(11-12-24-4)17-20-15-18(3)14-19(6-2)16-20/h7-10,14-16,21,24H,5-6,11-13,17H2,1-4H3. The minimum atomic E-state index is 0.465. The van der Waals surface area contributed by atoms with Gasteiger partial charge in [0.15, 0.2) is 0 Å². The monoisotopic (exact) mass is 339 g/mol. The Kier molecular flexibility index (Phi) is 8.00. The molecule has 1 atom stereocenters. The fraction of sp³-hybridized carbons (Fsp3) is 0.478. The highest BCUT2D eigenvalue weighted by atomic mass is 16.5. The predicted octanol–water partition coefficient (Wildman–Crippen LogP) is 5.28. The predicted molar refractivity (Wildman–Crippen MR) is 108 cm³/mol. The van der Waals surface area contributed by atoms with E-state index in [9.17, 15) is 0 Å². The average Bonchev–Trinajstić information content (AvgIpc) is 2.63. The van der Waals surface area contributed by atoms with E-state index in [0.717, 1.165) is 44.6 Å². The highest BCUT2D eigenvalue weighted by Crippen LogP contribution is 2.32. The van der Waals surface area contributed by atoms with Crippen molar-refractivity contribution in [2.75, 3.05) is 20.2 Å². The molecule has 0 aliphatic rings. The first-order valence-electron chi connectivity index (χ1n) is 9.63. The molecular weight excluding hydrogens is 306 g/mol. The van der Waals surface area contributed by atoms with Crippen LogP contribution in [0.25, 0.3) is 0 Å². The third-order valence-corrected chi connectivity index (χ3v) is 4.65. The quantitative estimate of drug-likeness (QED) is 0.635. The summed E-state index contributed by atoms with van der Waals surface area (Å²) < 4.78 is 6.03. The minimum absolute atomic E-state index is 0.465. The number of benzene rings is 2. The average molecular weight is 340 g/mol. The Hall–Kier alpha value is -1.80. The van der Waals surface area contributed by atoms with Crippen LogP contribution in [0.4, 0.5) is 0 Å². The summed E-state index contributed by atoms with van der Waals surface area (Å²) in [7, 11) is 2.03. The number of ether oxygens (including phenoxy) is 1. The molecule has 0 saturated heterocycles. The molecule has 25 heavy (non-hydrogen) atoms. The Bertz CT molecular complexity index is 650. The second kappa shape index (κ2) is 10.2. The third-order valence-electron chi connectivity index (χ3n) is 4.65. The zero-order valence-electron chi connectivity index (χ0n) is 16.3. The van der Waals surface area contributed by atoms with E-state index >= 15 is 0 Å². The maximum Gasteiger partial charge on any atom is 0.122 e. The molecule has 0 aliphatic heterocycles. The van der Waals surface area contributed by atoms with Crippen molar-refractivity contribution in [2.45, 2.75) is 52.4 Å². The molecular formula is C23H33NO. The number of para-hydroxylation sites is 1. The second-order valence-corrected chi connectivity index (χ2v) is 6.86. The fourth-order valence-corrected chi connectivity index (χ4v) is 3.40. The highest BCUT2D eigenvalue weighted by molar-refractivity contribution is 5.38. The van der Waals surface area contributed by atoms with Crippen LogP contribution in [0.2, 0.25) is 0 Å². The van der Waals surface area contributed by atoms with Gasteiger partial charge in [-0.15, -0.1) is 0 Å². The van der Waals surface area contributed by atoms with Gasteiger partial charge in [-0.1, -0.05) is 55.8 Å². The molecule has 0 amide bonds. The van der Waals surface area contributed by atoms with Crippen LogP contribution < -0.4 is 10.1 Å².